The Bertz CT molecular complexity index is 837. The highest BCUT2D eigenvalue weighted by molar-refractivity contribution is 5.85. The number of aromatic nitrogens is 4. The van der Waals surface area contributed by atoms with E-state index >= 15 is 0 Å². The van der Waals surface area contributed by atoms with Crippen LogP contribution in [0.3, 0.4) is 0 Å². The molecule has 0 saturated carbocycles. The monoisotopic (exact) mass is 342 g/mol. The van der Waals surface area contributed by atoms with Crippen molar-refractivity contribution < 1.29 is 11.0 Å². The summed E-state index contributed by atoms with van der Waals surface area (Å²) in [7, 11) is 0. The molecule has 0 aliphatic carbocycles. The quantitative estimate of drug-likeness (QED) is 0.736. The summed E-state index contributed by atoms with van der Waals surface area (Å²) in [5.74, 6) is 1.05. The number of nitrogen functional groups attached to an aromatic ring is 1. The van der Waals surface area contributed by atoms with Crippen LogP contribution >= 0.6 is 0 Å². The summed E-state index contributed by atoms with van der Waals surface area (Å²) >= 11 is 0. The Hall–Kier alpha value is -2.84. The highest BCUT2D eigenvalue weighted by Crippen LogP contribution is 2.27. The van der Waals surface area contributed by atoms with Crippen molar-refractivity contribution in [3.63, 3.8) is 0 Å². The summed E-state index contributed by atoms with van der Waals surface area (Å²) in [5, 5.41) is 0. The van der Waals surface area contributed by atoms with Crippen molar-refractivity contribution in [2.24, 2.45) is 0 Å². The van der Waals surface area contributed by atoms with E-state index in [2.05, 4.69) is 19.9 Å². The second-order valence-electron chi connectivity index (χ2n) is 5.75. The Morgan fingerprint density at radius 3 is 2.32 bits per heavy atom. The van der Waals surface area contributed by atoms with Crippen molar-refractivity contribution >= 4 is 22.9 Å². The van der Waals surface area contributed by atoms with Crippen LogP contribution < -0.4 is 10.6 Å². The fourth-order valence-corrected chi connectivity index (χ4v) is 2.98. The van der Waals surface area contributed by atoms with Crippen LogP contribution in [-0.4, -0.2) is 44.0 Å². The Morgan fingerprint density at radius 2 is 1.60 bits per heavy atom. The lowest BCUT2D eigenvalue weighted by atomic mass is 10.1. The number of hydrogen-bond acceptors (Lipinski definition) is 6. The molecule has 0 bridgehead atoms. The van der Waals surface area contributed by atoms with Crippen LogP contribution in [0.2, 0.25) is 0 Å². The molecule has 1 aliphatic heterocycles. The van der Waals surface area contributed by atoms with E-state index < -0.39 is 0 Å². The predicted octanol–water partition coefficient (Wildman–Crippen LogP) is 1.01. The molecule has 1 saturated heterocycles. The topological polar surface area (TPSA) is 144 Å². The van der Waals surface area contributed by atoms with Crippen LogP contribution in [0.25, 0.3) is 22.4 Å². The maximum absolute atomic E-state index is 5.86. The molecule has 0 unspecified atom stereocenters. The largest absolute Gasteiger partial charge is 0.412 e. The molecule has 1 fully saturated rings. The van der Waals surface area contributed by atoms with Gasteiger partial charge in [-0.2, -0.15) is 9.97 Å². The summed E-state index contributed by atoms with van der Waals surface area (Å²) in [5.41, 5.74) is 9.00. The average Bonchev–Trinajstić information content (AvgIpc) is 2.62. The van der Waals surface area contributed by atoms with Crippen LogP contribution in [0.5, 0.6) is 0 Å². The van der Waals surface area contributed by atoms with Crippen molar-refractivity contribution in [1.82, 2.24) is 19.9 Å². The third kappa shape index (κ3) is 3.65. The number of fused-ring (bicyclic) bond motifs is 1. The molecular weight excluding hydrogens is 320 g/mol. The van der Waals surface area contributed by atoms with E-state index in [-0.39, 0.29) is 16.9 Å². The van der Waals surface area contributed by atoms with Crippen LogP contribution in [0.1, 0.15) is 19.3 Å². The maximum atomic E-state index is 5.86. The fourth-order valence-electron chi connectivity index (χ4n) is 2.98. The average molecular weight is 342 g/mol. The highest BCUT2D eigenvalue weighted by Gasteiger charge is 2.18. The number of nitrogens with two attached hydrogens (primary N) is 1. The molecule has 4 rings (SSSR count). The molecule has 2 aromatic heterocycles. The van der Waals surface area contributed by atoms with Gasteiger partial charge in [-0.15, -0.1) is 0 Å². The molecule has 8 heteroatoms. The standard InChI is InChI=1S/C17H18N6.2H2O/c18-17-21-15-14(16(22-17)23-9-5-2-6-10-23)20-13(11-19-15)12-7-3-1-4-8-12;;/h1,3-4,7-8,11H,2,5-6,9-10H2,(H2,18,19,21,22);2*1H2. The number of nitrogens with zero attached hydrogens (tertiary/aromatic N) is 5. The van der Waals surface area contributed by atoms with Crippen LogP contribution in [0, 0.1) is 0 Å². The molecule has 1 aliphatic rings. The number of anilines is 2. The number of rotatable bonds is 2. The molecule has 6 N–H and O–H groups in total. The summed E-state index contributed by atoms with van der Waals surface area (Å²) in [6.07, 6.45) is 5.33. The molecule has 0 atom stereocenters. The Balaban J connectivity index is 0.00000113. The third-order valence-corrected chi connectivity index (χ3v) is 4.13. The molecular formula is C17H22N6O2. The molecule has 132 valence electrons. The van der Waals surface area contributed by atoms with Gasteiger partial charge in [0, 0.05) is 18.7 Å². The van der Waals surface area contributed by atoms with Gasteiger partial charge in [0.2, 0.25) is 5.95 Å². The van der Waals surface area contributed by atoms with Gasteiger partial charge >= 0.3 is 0 Å². The molecule has 0 spiro atoms. The van der Waals surface area contributed by atoms with E-state index in [1.54, 1.807) is 6.20 Å². The van der Waals surface area contributed by atoms with Crippen molar-refractivity contribution in [3.8, 4) is 11.3 Å². The summed E-state index contributed by atoms with van der Waals surface area (Å²) in [6, 6.07) is 10.0. The molecule has 3 heterocycles. The van der Waals surface area contributed by atoms with Crippen molar-refractivity contribution in [3.05, 3.63) is 36.5 Å². The van der Waals surface area contributed by atoms with Crippen LogP contribution in [0.4, 0.5) is 11.8 Å². The molecule has 25 heavy (non-hydrogen) atoms. The Morgan fingerprint density at radius 1 is 0.880 bits per heavy atom. The van der Waals surface area contributed by atoms with Gasteiger partial charge in [0.05, 0.1) is 11.9 Å². The summed E-state index contributed by atoms with van der Waals surface area (Å²) in [6.45, 7) is 1.95. The minimum absolute atomic E-state index is 0. The van der Waals surface area contributed by atoms with E-state index in [0.717, 1.165) is 48.5 Å². The van der Waals surface area contributed by atoms with Gasteiger partial charge in [-0.25, -0.2) is 9.97 Å². The minimum Gasteiger partial charge on any atom is -0.412 e. The minimum atomic E-state index is 0. The fraction of sp³-hybridized carbons (Fsp3) is 0.294. The van der Waals surface area contributed by atoms with Crippen molar-refractivity contribution in [2.75, 3.05) is 23.7 Å². The lowest BCUT2D eigenvalue weighted by Gasteiger charge is -2.28. The first-order valence-electron chi connectivity index (χ1n) is 7.92. The summed E-state index contributed by atoms with van der Waals surface area (Å²) < 4.78 is 0. The van der Waals surface area contributed by atoms with Gasteiger partial charge in [0.1, 0.15) is 0 Å². The van der Waals surface area contributed by atoms with E-state index in [4.69, 9.17) is 10.7 Å². The van der Waals surface area contributed by atoms with Crippen molar-refractivity contribution in [1.29, 1.82) is 0 Å². The van der Waals surface area contributed by atoms with Gasteiger partial charge in [-0.3, -0.25) is 0 Å². The van der Waals surface area contributed by atoms with Crippen molar-refractivity contribution in [2.45, 2.75) is 19.3 Å². The second kappa shape index (κ2) is 7.82. The van der Waals surface area contributed by atoms with Gasteiger partial charge in [0.15, 0.2) is 17.0 Å². The van der Waals surface area contributed by atoms with E-state index in [1.165, 1.54) is 6.42 Å². The number of benzene rings is 1. The highest BCUT2D eigenvalue weighted by atomic mass is 16.0. The first kappa shape index (κ1) is 18.5. The molecule has 0 radical (unpaired) electrons. The number of hydrogen-bond donors (Lipinski definition) is 1. The summed E-state index contributed by atoms with van der Waals surface area (Å²) in [4.78, 5) is 20.2. The first-order valence-corrected chi connectivity index (χ1v) is 7.92. The molecule has 1 aromatic carbocycles. The molecule has 8 nitrogen and oxygen atoms in total. The van der Waals surface area contributed by atoms with Gasteiger partial charge < -0.3 is 21.6 Å². The molecule has 0 amide bonds. The van der Waals surface area contributed by atoms with Gasteiger partial charge in [-0.1, -0.05) is 30.3 Å². The normalized spacial score (nSPS) is 13.8. The van der Waals surface area contributed by atoms with E-state index in [9.17, 15) is 0 Å². The lowest BCUT2D eigenvalue weighted by molar-refractivity contribution is 0.574. The van der Waals surface area contributed by atoms with E-state index in [1.807, 2.05) is 30.3 Å². The van der Waals surface area contributed by atoms with Gasteiger partial charge in [0.25, 0.3) is 0 Å². The SMILES string of the molecule is Nc1nc(N2CCCCC2)c2nc(-c3ccccc3)cnc2n1.O.O. The smallest absolute Gasteiger partial charge is 0.224 e. The van der Waals surface area contributed by atoms with Crippen LogP contribution in [0.15, 0.2) is 36.5 Å². The zero-order valence-corrected chi connectivity index (χ0v) is 13.8. The second-order valence-corrected chi connectivity index (χ2v) is 5.75. The van der Waals surface area contributed by atoms with Gasteiger partial charge in [-0.05, 0) is 19.3 Å². The first-order chi connectivity index (χ1) is 11.3. The Labute approximate surface area is 145 Å². The maximum Gasteiger partial charge on any atom is 0.224 e. The third-order valence-electron chi connectivity index (χ3n) is 4.13. The number of piperidine rings is 1. The lowest BCUT2D eigenvalue weighted by Crippen LogP contribution is -2.30. The zero-order chi connectivity index (χ0) is 15.6. The van der Waals surface area contributed by atoms with Crippen LogP contribution in [-0.2, 0) is 0 Å². The predicted molar refractivity (Wildman–Crippen MR) is 98.3 cm³/mol. The zero-order valence-electron chi connectivity index (χ0n) is 13.8. The Kier molecular flexibility index (Phi) is 5.79. The molecule has 3 aromatic rings. The van der Waals surface area contributed by atoms with E-state index in [0.29, 0.717) is 5.65 Å².